The van der Waals surface area contributed by atoms with Crippen LogP contribution in [0, 0.1) is 0 Å². The highest BCUT2D eigenvalue weighted by atomic mass is 79.9. The maximum absolute atomic E-state index is 12.4. The Morgan fingerprint density at radius 2 is 2.11 bits per heavy atom. The predicted octanol–water partition coefficient (Wildman–Crippen LogP) is 4.70. The van der Waals surface area contributed by atoms with Crippen LogP contribution >= 0.6 is 27.3 Å². The van der Waals surface area contributed by atoms with E-state index in [2.05, 4.69) is 29.8 Å². The van der Waals surface area contributed by atoms with Crippen LogP contribution in [0.15, 0.2) is 22.0 Å². The first-order valence-electron chi connectivity index (χ1n) is 6.83. The van der Waals surface area contributed by atoms with Gasteiger partial charge in [-0.3, -0.25) is 4.79 Å². The van der Waals surface area contributed by atoms with E-state index >= 15 is 0 Å². The molecule has 0 spiro atoms. The Morgan fingerprint density at radius 1 is 1.42 bits per heavy atom. The van der Waals surface area contributed by atoms with Crippen molar-refractivity contribution in [2.45, 2.75) is 51.6 Å². The molecule has 1 amide bonds. The molecule has 1 heterocycles. The van der Waals surface area contributed by atoms with Crippen molar-refractivity contribution in [2.75, 3.05) is 0 Å². The first-order chi connectivity index (χ1) is 9.08. The standard InChI is InChI=1S/C15H20BrNOS/c1-11(2)17(12-5-3-4-6-12)15(18)10-8-13-7-9-14(16)19-13/h7-12H,3-6H2,1-2H3/b10-8+. The monoisotopic (exact) mass is 341 g/mol. The van der Waals surface area contributed by atoms with Gasteiger partial charge in [-0.15, -0.1) is 11.3 Å². The molecule has 104 valence electrons. The van der Waals surface area contributed by atoms with Crippen LogP contribution in [0.25, 0.3) is 6.08 Å². The van der Waals surface area contributed by atoms with Gasteiger partial charge in [-0.05, 0) is 60.8 Å². The van der Waals surface area contributed by atoms with Crippen molar-refractivity contribution in [1.29, 1.82) is 0 Å². The molecule has 2 rings (SSSR count). The van der Waals surface area contributed by atoms with E-state index in [0.29, 0.717) is 6.04 Å². The molecule has 0 bridgehead atoms. The van der Waals surface area contributed by atoms with Gasteiger partial charge >= 0.3 is 0 Å². The summed E-state index contributed by atoms with van der Waals surface area (Å²) in [5.74, 6) is 0.145. The van der Waals surface area contributed by atoms with Crippen molar-refractivity contribution in [1.82, 2.24) is 4.90 Å². The van der Waals surface area contributed by atoms with Gasteiger partial charge in [0.15, 0.2) is 0 Å². The highest BCUT2D eigenvalue weighted by Gasteiger charge is 2.27. The lowest BCUT2D eigenvalue weighted by Crippen LogP contribution is -2.42. The van der Waals surface area contributed by atoms with Gasteiger partial charge in [-0.2, -0.15) is 0 Å². The number of nitrogens with zero attached hydrogens (tertiary/aromatic N) is 1. The average Bonchev–Trinajstić information content (AvgIpc) is 2.98. The summed E-state index contributed by atoms with van der Waals surface area (Å²) in [6, 6.07) is 4.74. The fraction of sp³-hybridized carbons (Fsp3) is 0.533. The van der Waals surface area contributed by atoms with E-state index in [4.69, 9.17) is 0 Å². The highest BCUT2D eigenvalue weighted by molar-refractivity contribution is 9.11. The molecule has 1 fully saturated rings. The number of halogens is 1. The molecule has 0 saturated heterocycles. The van der Waals surface area contributed by atoms with Crippen molar-refractivity contribution in [3.63, 3.8) is 0 Å². The Kier molecular flexibility index (Phi) is 5.22. The second kappa shape index (κ2) is 6.71. The van der Waals surface area contributed by atoms with Crippen LogP contribution < -0.4 is 0 Å². The van der Waals surface area contributed by atoms with Crippen LogP contribution in [-0.4, -0.2) is 22.9 Å². The molecule has 0 unspecified atom stereocenters. The summed E-state index contributed by atoms with van der Waals surface area (Å²) in [7, 11) is 0. The summed E-state index contributed by atoms with van der Waals surface area (Å²) in [5.41, 5.74) is 0. The number of rotatable bonds is 4. The van der Waals surface area contributed by atoms with Crippen molar-refractivity contribution in [3.05, 3.63) is 26.9 Å². The van der Waals surface area contributed by atoms with E-state index < -0.39 is 0 Å². The lowest BCUT2D eigenvalue weighted by atomic mass is 10.1. The summed E-state index contributed by atoms with van der Waals surface area (Å²) in [6.07, 6.45) is 8.45. The number of hydrogen-bond acceptors (Lipinski definition) is 2. The van der Waals surface area contributed by atoms with Gasteiger partial charge in [0, 0.05) is 23.0 Å². The Labute approximate surface area is 127 Å². The normalized spacial score (nSPS) is 16.6. The lowest BCUT2D eigenvalue weighted by Gasteiger charge is -2.31. The van der Waals surface area contributed by atoms with Gasteiger partial charge < -0.3 is 4.90 Å². The second-order valence-corrected chi connectivity index (χ2v) is 7.75. The number of carbonyl (C=O) groups is 1. The Bertz CT molecular complexity index is 460. The van der Waals surface area contributed by atoms with Crippen LogP contribution in [0.3, 0.4) is 0 Å². The zero-order valence-electron chi connectivity index (χ0n) is 11.4. The summed E-state index contributed by atoms with van der Waals surface area (Å²) < 4.78 is 1.09. The molecule has 0 N–H and O–H groups in total. The smallest absolute Gasteiger partial charge is 0.247 e. The Balaban J connectivity index is 2.05. The van der Waals surface area contributed by atoms with Crippen LogP contribution in [0.1, 0.15) is 44.4 Å². The molecule has 2 nitrogen and oxygen atoms in total. The molecule has 19 heavy (non-hydrogen) atoms. The van der Waals surface area contributed by atoms with Crippen molar-refractivity contribution < 1.29 is 4.79 Å². The summed E-state index contributed by atoms with van der Waals surface area (Å²) >= 11 is 5.08. The number of amides is 1. The van der Waals surface area contributed by atoms with Crippen LogP contribution in [0.5, 0.6) is 0 Å². The van der Waals surface area contributed by atoms with Gasteiger partial charge in [0.05, 0.1) is 3.79 Å². The summed E-state index contributed by atoms with van der Waals surface area (Å²) in [5, 5.41) is 0. The third kappa shape index (κ3) is 3.93. The van der Waals surface area contributed by atoms with Crippen LogP contribution in [0.4, 0.5) is 0 Å². The average molecular weight is 342 g/mol. The van der Waals surface area contributed by atoms with Gasteiger partial charge in [0.2, 0.25) is 5.91 Å². The minimum Gasteiger partial charge on any atom is -0.334 e. The summed E-state index contributed by atoms with van der Waals surface area (Å²) in [6.45, 7) is 4.21. The molecule has 0 aromatic carbocycles. The van der Waals surface area contributed by atoms with Crippen LogP contribution in [-0.2, 0) is 4.79 Å². The maximum Gasteiger partial charge on any atom is 0.247 e. The fourth-order valence-corrected chi connectivity index (χ4v) is 4.02. The molecule has 4 heteroatoms. The third-order valence-electron chi connectivity index (χ3n) is 3.51. The lowest BCUT2D eigenvalue weighted by molar-refractivity contribution is -0.130. The second-order valence-electron chi connectivity index (χ2n) is 5.25. The molecular weight excluding hydrogens is 322 g/mol. The quantitative estimate of drug-likeness (QED) is 0.726. The first-order valence-corrected chi connectivity index (χ1v) is 8.44. The van der Waals surface area contributed by atoms with Gasteiger partial charge in [0.25, 0.3) is 0 Å². The minimum absolute atomic E-state index is 0.145. The van der Waals surface area contributed by atoms with Gasteiger partial charge in [-0.25, -0.2) is 0 Å². The molecule has 0 radical (unpaired) electrons. The zero-order chi connectivity index (χ0) is 13.8. The Morgan fingerprint density at radius 3 is 2.63 bits per heavy atom. The topological polar surface area (TPSA) is 20.3 Å². The molecular formula is C15H20BrNOS. The molecule has 1 aromatic heterocycles. The first kappa shape index (κ1) is 14.8. The van der Waals surface area contributed by atoms with E-state index in [-0.39, 0.29) is 11.9 Å². The van der Waals surface area contributed by atoms with E-state index in [0.717, 1.165) is 21.5 Å². The minimum atomic E-state index is 0.145. The molecule has 1 aromatic rings. The van der Waals surface area contributed by atoms with Crippen molar-refractivity contribution in [3.8, 4) is 0 Å². The Hall–Kier alpha value is -0.610. The number of thiophene rings is 1. The SMILES string of the molecule is CC(C)N(C(=O)/C=C/c1ccc(Br)s1)C1CCCC1. The molecule has 0 atom stereocenters. The van der Waals surface area contributed by atoms with E-state index in [9.17, 15) is 4.79 Å². The van der Waals surface area contributed by atoms with Gasteiger partial charge in [0.1, 0.15) is 0 Å². The molecule has 1 aliphatic rings. The van der Waals surface area contributed by atoms with Crippen LogP contribution in [0.2, 0.25) is 0 Å². The molecule has 1 saturated carbocycles. The number of carbonyl (C=O) groups excluding carboxylic acids is 1. The van der Waals surface area contributed by atoms with E-state index in [1.165, 1.54) is 12.8 Å². The molecule has 0 aliphatic heterocycles. The fourth-order valence-electron chi connectivity index (χ4n) is 2.70. The maximum atomic E-state index is 12.4. The van der Waals surface area contributed by atoms with Crippen molar-refractivity contribution >= 4 is 39.2 Å². The van der Waals surface area contributed by atoms with Crippen molar-refractivity contribution in [2.24, 2.45) is 0 Å². The third-order valence-corrected chi connectivity index (χ3v) is 5.10. The van der Waals surface area contributed by atoms with E-state index in [1.807, 2.05) is 23.1 Å². The largest absolute Gasteiger partial charge is 0.334 e. The summed E-state index contributed by atoms with van der Waals surface area (Å²) in [4.78, 5) is 15.5. The zero-order valence-corrected chi connectivity index (χ0v) is 13.8. The predicted molar refractivity (Wildman–Crippen MR) is 85.3 cm³/mol. The molecule has 1 aliphatic carbocycles. The highest BCUT2D eigenvalue weighted by Crippen LogP contribution is 2.26. The number of hydrogen-bond donors (Lipinski definition) is 0. The van der Waals surface area contributed by atoms with E-state index in [1.54, 1.807) is 17.4 Å². The van der Waals surface area contributed by atoms with Gasteiger partial charge in [-0.1, -0.05) is 12.8 Å².